The van der Waals surface area contributed by atoms with Crippen LogP contribution in [-0.2, 0) is 15.6 Å². The number of aromatic nitrogens is 2. The van der Waals surface area contributed by atoms with Crippen molar-refractivity contribution in [3.63, 3.8) is 0 Å². The maximum absolute atomic E-state index is 5.18. The Labute approximate surface area is 100 Å². The standard InChI is InChI=1S/C12H6N2O2S/c1-2-6-4-5-12(15-16-12)9-8(6)7(3-1)10-11(9)14-17-13-10/h1-5,13H. The van der Waals surface area contributed by atoms with Crippen LogP contribution < -0.4 is 0 Å². The third-order valence-corrected chi connectivity index (χ3v) is 4.04. The van der Waals surface area contributed by atoms with Crippen molar-refractivity contribution in [2.45, 2.75) is 5.79 Å². The average molecular weight is 242 g/mol. The van der Waals surface area contributed by atoms with E-state index in [1.54, 1.807) is 0 Å². The van der Waals surface area contributed by atoms with E-state index in [1.807, 2.05) is 12.2 Å². The van der Waals surface area contributed by atoms with Crippen molar-refractivity contribution >= 4 is 28.6 Å². The Bertz CT molecular complexity index is 766. The molecule has 2 heterocycles. The Kier molecular flexibility index (Phi) is 1.20. The lowest BCUT2D eigenvalue weighted by Gasteiger charge is -2.09. The number of aromatic amines is 1. The molecule has 2 aliphatic carbocycles. The molecular formula is C12H6N2O2S. The highest BCUT2D eigenvalue weighted by Crippen LogP contribution is 2.55. The van der Waals surface area contributed by atoms with Gasteiger partial charge in [-0.1, -0.05) is 24.3 Å². The van der Waals surface area contributed by atoms with Gasteiger partial charge >= 0.3 is 0 Å². The molecule has 0 bridgehead atoms. The van der Waals surface area contributed by atoms with Gasteiger partial charge in [0, 0.05) is 22.5 Å². The maximum Gasteiger partial charge on any atom is 0.280 e. The van der Waals surface area contributed by atoms with E-state index in [9.17, 15) is 0 Å². The molecule has 1 N–H and O–H groups in total. The van der Waals surface area contributed by atoms with Crippen LogP contribution >= 0.6 is 11.7 Å². The fraction of sp³-hybridized carbons (Fsp3) is 0.0833. The third kappa shape index (κ3) is 0.824. The van der Waals surface area contributed by atoms with Crippen molar-refractivity contribution in [3.05, 3.63) is 35.4 Å². The first-order valence-corrected chi connectivity index (χ1v) is 6.11. The molecule has 0 saturated carbocycles. The summed E-state index contributed by atoms with van der Waals surface area (Å²) in [4.78, 5) is 10.4. The van der Waals surface area contributed by atoms with Crippen LogP contribution in [0, 0.1) is 0 Å². The van der Waals surface area contributed by atoms with Gasteiger partial charge in [-0.2, -0.15) is 14.1 Å². The Hall–Kier alpha value is -1.69. The van der Waals surface area contributed by atoms with Gasteiger partial charge in [0.1, 0.15) is 5.69 Å². The number of fused-ring (bicyclic) bond motifs is 4. The third-order valence-electron chi connectivity index (χ3n) is 3.47. The van der Waals surface area contributed by atoms with Gasteiger partial charge in [-0.15, -0.1) is 0 Å². The molecule has 0 atom stereocenters. The number of H-pyrrole nitrogens is 1. The van der Waals surface area contributed by atoms with Crippen LogP contribution in [0.3, 0.4) is 0 Å². The molecule has 0 unspecified atom stereocenters. The number of hydrogen-bond donors (Lipinski definition) is 1. The molecule has 0 amide bonds. The zero-order chi connectivity index (χ0) is 11.0. The summed E-state index contributed by atoms with van der Waals surface area (Å²) >= 11 is 1.35. The molecule has 17 heavy (non-hydrogen) atoms. The van der Waals surface area contributed by atoms with E-state index < -0.39 is 5.79 Å². The molecular weight excluding hydrogens is 236 g/mol. The fourth-order valence-corrected chi connectivity index (χ4v) is 3.30. The second-order valence-electron chi connectivity index (χ2n) is 4.32. The maximum atomic E-state index is 5.18. The van der Waals surface area contributed by atoms with Gasteiger partial charge in [-0.05, 0) is 11.6 Å². The minimum atomic E-state index is -0.684. The predicted molar refractivity (Wildman–Crippen MR) is 63.5 cm³/mol. The smallest absolute Gasteiger partial charge is 0.280 e. The van der Waals surface area contributed by atoms with Crippen LogP contribution in [0.25, 0.3) is 28.2 Å². The second-order valence-corrected chi connectivity index (χ2v) is 4.89. The summed E-state index contributed by atoms with van der Waals surface area (Å²) in [6, 6.07) is 6.26. The number of hydrogen-bond acceptors (Lipinski definition) is 4. The molecule has 0 radical (unpaired) electrons. The molecule has 1 spiro atoms. The highest BCUT2D eigenvalue weighted by Gasteiger charge is 2.54. The molecule has 4 aliphatic rings. The van der Waals surface area contributed by atoms with E-state index in [1.165, 1.54) is 28.1 Å². The van der Waals surface area contributed by atoms with E-state index in [0.29, 0.717) is 0 Å². The average Bonchev–Trinajstić information content (AvgIpc) is 2.85. The summed E-state index contributed by atoms with van der Waals surface area (Å²) in [5.41, 5.74) is 4.26. The van der Waals surface area contributed by atoms with Crippen molar-refractivity contribution in [1.82, 2.24) is 8.75 Å². The lowest BCUT2D eigenvalue weighted by atomic mass is 9.95. The summed E-state index contributed by atoms with van der Waals surface area (Å²) in [6.07, 6.45) is 3.99. The van der Waals surface area contributed by atoms with Crippen LogP contribution in [0.1, 0.15) is 11.1 Å². The summed E-state index contributed by atoms with van der Waals surface area (Å²) in [6.45, 7) is 0. The van der Waals surface area contributed by atoms with Crippen LogP contribution in [0.4, 0.5) is 0 Å². The Morgan fingerprint density at radius 1 is 1.29 bits per heavy atom. The summed E-state index contributed by atoms with van der Waals surface area (Å²) in [7, 11) is 0. The minimum absolute atomic E-state index is 0.684. The van der Waals surface area contributed by atoms with Crippen molar-refractivity contribution in [1.29, 1.82) is 0 Å². The molecule has 1 aromatic rings. The van der Waals surface area contributed by atoms with Crippen molar-refractivity contribution < 1.29 is 9.78 Å². The first-order chi connectivity index (χ1) is 8.39. The first kappa shape index (κ1) is 8.41. The normalized spacial score (nSPS) is 19.5. The number of benzene rings is 1. The molecule has 5 heteroatoms. The highest BCUT2D eigenvalue weighted by molar-refractivity contribution is 6.99. The summed E-state index contributed by atoms with van der Waals surface area (Å²) in [5, 5.41) is 2.37. The predicted octanol–water partition coefficient (Wildman–Crippen LogP) is 2.87. The number of rotatable bonds is 0. The topological polar surface area (TPSA) is 53.7 Å². The zero-order valence-electron chi connectivity index (χ0n) is 8.56. The van der Waals surface area contributed by atoms with Crippen LogP contribution in [0.15, 0.2) is 24.3 Å². The van der Waals surface area contributed by atoms with Gasteiger partial charge in [-0.25, -0.2) is 0 Å². The second kappa shape index (κ2) is 2.43. The lowest BCUT2D eigenvalue weighted by molar-refractivity contribution is 0.0850. The first-order valence-electron chi connectivity index (χ1n) is 5.34. The molecule has 5 rings (SSSR count). The zero-order valence-corrected chi connectivity index (χ0v) is 9.38. The van der Waals surface area contributed by atoms with Gasteiger partial charge in [-0.3, -0.25) is 4.37 Å². The SMILES string of the molecule is C1=CC2(OO2)c2c3ns[nH]c-3c3cccc1c23. The van der Waals surface area contributed by atoms with Crippen LogP contribution in [0.2, 0.25) is 0 Å². The van der Waals surface area contributed by atoms with Gasteiger partial charge in [0.25, 0.3) is 5.79 Å². The van der Waals surface area contributed by atoms with Crippen LogP contribution in [-0.4, -0.2) is 8.75 Å². The quantitative estimate of drug-likeness (QED) is 0.487. The molecule has 1 saturated heterocycles. The molecule has 1 fully saturated rings. The van der Waals surface area contributed by atoms with E-state index in [4.69, 9.17) is 9.78 Å². The summed E-state index contributed by atoms with van der Waals surface area (Å²) < 4.78 is 7.66. The Morgan fingerprint density at radius 3 is 3.12 bits per heavy atom. The van der Waals surface area contributed by atoms with Gasteiger partial charge in [0.15, 0.2) is 0 Å². The van der Waals surface area contributed by atoms with Gasteiger partial charge in [0.05, 0.1) is 11.3 Å². The van der Waals surface area contributed by atoms with Crippen molar-refractivity contribution in [2.75, 3.05) is 0 Å². The molecule has 0 aromatic heterocycles. The number of nitrogens with zero attached hydrogens (tertiary/aromatic N) is 1. The summed E-state index contributed by atoms with van der Waals surface area (Å²) in [5.74, 6) is -0.684. The fourth-order valence-electron chi connectivity index (χ4n) is 2.68. The van der Waals surface area contributed by atoms with Crippen molar-refractivity contribution in [2.24, 2.45) is 0 Å². The largest absolute Gasteiger partial charge is 0.293 e. The molecule has 82 valence electrons. The molecule has 1 aromatic carbocycles. The van der Waals surface area contributed by atoms with Crippen molar-refractivity contribution in [3.8, 4) is 11.4 Å². The van der Waals surface area contributed by atoms with Gasteiger partial charge < -0.3 is 0 Å². The lowest BCUT2D eigenvalue weighted by Crippen LogP contribution is -2.07. The monoisotopic (exact) mass is 242 g/mol. The van der Waals surface area contributed by atoms with E-state index in [2.05, 4.69) is 26.9 Å². The Morgan fingerprint density at radius 2 is 2.24 bits per heavy atom. The van der Waals surface area contributed by atoms with Gasteiger partial charge in [0.2, 0.25) is 0 Å². The van der Waals surface area contributed by atoms with E-state index >= 15 is 0 Å². The molecule has 2 aliphatic heterocycles. The molecule has 4 nitrogen and oxygen atoms in total. The van der Waals surface area contributed by atoms with E-state index in [-0.39, 0.29) is 0 Å². The minimum Gasteiger partial charge on any atom is -0.293 e. The Balaban J connectivity index is 2.11. The van der Waals surface area contributed by atoms with E-state index in [0.717, 1.165) is 17.0 Å². The van der Waals surface area contributed by atoms with Crippen LogP contribution in [0.5, 0.6) is 0 Å². The number of nitrogens with one attached hydrogen (secondary N) is 1. The highest BCUT2D eigenvalue weighted by atomic mass is 32.1.